The van der Waals surface area contributed by atoms with E-state index in [2.05, 4.69) is 41.4 Å². The first-order chi connectivity index (χ1) is 10.5. The van der Waals surface area contributed by atoms with Crippen LogP contribution in [0.5, 0.6) is 0 Å². The molecule has 114 valence electrons. The number of nitrogens with zero attached hydrogens (tertiary/aromatic N) is 2. The Balaban J connectivity index is 1.88. The van der Waals surface area contributed by atoms with E-state index in [-0.39, 0.29) is 11.9 Å². The third-order valence-electron chi connectivity index (χ3n) is 3.55. The first-order valence-electron chi connectivity index (χ1n) is 7.30. The molecular weight excluding hydrogens is 297 g/mol. The molecule has 3 nitrogen and oxygen atoms in total. The van der Waals surface area contributed by atoms with Gasteiger partial charge in [-0.3, -0.25) is 4.98 Å². The molecule has 0 saturated heterocycles. The van der Waals surface area contributed by atoms with E-state index in [1.165, 1.54) is 12.1 Å². The molecule has 0 amide bonds. The Morgan fingerprint density at radius 3 is 2.73 bits per heavy atom. The largest absolute Gasteiger partial charge is 0.376 e. The minimum atomic E-state index is -0.272. The lowest BCUT2D eigenvalue weighted by Gasteiger charge is -2.15. The van der Waals surface area contributed by atoms with Crippen LogP contribution in [0, 0.1) is 5.82 Å². The molecule has 0 aliphatic rings. The Morgan fingerprint density at radius 1 is 1.18 bits per heavy atom. The normalized spacial score (nSPS) is 12.8. The van der Waals surface area contributed by atoms with Crippen LogP contribution in [0.15, 0.2) is 35.8 Å². The van der Waals surface area contributed by atoms with Crippen LogP contribution < -0.4 is 5.32 Å². The van der Waals surface area contributed by atoms with Crippen LogP contribution in [-0.2, 0) is 0 Å². The van der Waals surface area contributed by atoms with Crippen molar-refractivity contribution in [2.24, 2.45) is 0 Å². The maximum absolute atomic E-state index is 13.3. The van der Waals surface area contributed by atoms with E-state index in [0.29, 0.717) is 11.4 Å². The molecule has 0 aliphatic heterocycles. The number of pyridine rings is 1. The van der Waals surface area contributed by atoms with Gasteiger partial charge in [0.15, 0.2) is 0 Å². The third-order valence-corrected chi connectivity index (χ3v) is 4.72. The molecule has 22 heavy (non-hydrogen) atoms. The first-order valence-corrected chi connectivity index (χ1v) is 8.18. The molecular formula is C17H18FN3S. The van der Waals surface area contributed by atoms with Crippen molar-refractivity contribution in [3.05, 3.63) is 52.4 Å². The van der Waals surface area contributed by atoms with Gasteiger partial charge in [0.05, 0.1) is 22.3 Å². The van der Waals surface area contributed by atoms with Crippen molar-refractivity contribution in [3.63, 3.8) is 0 Å². The highest BCUT2D eigenvalue weighted by Gasteiger charge is 2.13. The molecule has 3 rings (SSSR count). The minimum Gasteiger partial charge on any atom is -0.376 e. The maximum Gasteiger partial charge on any atom is 0.125 e. The summed E-state index contributed by atoms with van der Waals surface area (Å²) in [5, 5.41) is 7.60. The molecule has 0 saturated carbocycles. The van der Waals surface area contributed by atoms with Gasteiger partial charge in [-0.05, 0) is 25.1 Å². The Labute approximate surface area is 133 Å². The Morgan fingerprint density at radius 2 is 2.00 bits per heavy atom. The summed E-state index contributed by atoms with van der Waals surface area (Å²) in [6, 6.07) is 6.66. The number of nitrogens with one attached hydrogen (secondary N) is 1. The molecule has 0 fully saturated rings. The zero-order chi connectivity index (χ0) is 15.7. The quantitative estimate of drug-likeness (QED) is 0.725. The molecule has 3 aromatic rings. The topological polar surface area (TPSA) is 37.8 Å². The monoisotopic (exact) mass is 315 g/mol. The van der Waals surface area contributed by atoms with Crippen LogP contribution in [0.3, 0.4) is 0 Å². The van der Waals surface area contributed by atoms with Crippen molar-refractivity contribution < 1.29 is 4.39 Å². The van der Waals surface area contributed by atoms with Crippen molar-refractivity contribution in [1.82, 2.24) is 9.97 Å². The lowest BCUT2D eigenvalue weighted by molar-refractivity contribution is 0.629. The number of hydrogen-bond donors (Lipinski definition) is 1. The van der Waals surface area contributed by atoms with Crippen molar-refractivity contribution in [3.8, 4) is 0 Å². The van der Waals surface area contributed by atoms with Crippen molar-refractivity contribution in [2.75, 3.05) is 5.32 Å². The van der Waals surface area contributed by atoms with E-state index >= 15 is 0 Å². The number of anilines is 1. The van der Waals surface area contributed by atoms with Gasteiger partial charge in [-0.2, -0.15) is 0 Å². The molecule has 0 aliphatic carbocycles. The fourth-order valence-electron chi connectivity index (χ4n) is 2.32. The first kappa shape index (κ1) is 14.9. The number of benzene rings is 1. The van der Waals surface area contributed by atoms with Gasteiger partial charge in [-0.25, -0.2) is 9.37 Å². The highest BCUT2D eigenvalue weighted by Crippen LogP contribution is 2.28. The van der Waals surface area contributed by atoms with Crippen molar-refractivity contribution in [2.45, 2.75) is 32.7 Å². The second kappa shape index (κ2) is 6.01. The second-order valence-electron chi connectivity index (χ2n) is 5.65. The summed E-state index contributed by atoms with van der Waals surface area (Å²) in [5.41, 5.74) is 2.62. The average molecular weight is 315 g/mol. The highest BCUT2D eigenvalue weighted by atomic mass is 32.1. The third kappa shape index (κ3) is 2.95. The van der Waals surface area contributed by atoms with E-state index in [4.69, 9.17) is 0 Å². The summed E-state index contributed by atoms with van der Waals surface area (Å²) < 4.78 is 13.3. The minimum absolute atomic E-state index is 0.0828. The number of thiazole rings is 1. The van der Waals surface area contributed by atoms with Crippen LogP contribution in [-0.4, -0.2) is 9.97 Å². The second-order valence-corrected chi connectivity index (χ2v) is 6.54. The van der Waals surface area contributed by atoms with E-state index in [1.54, 1.807) is 23.6 Å². The molecule has 1 atom stereocenters. The van der Waals surface area contributed by atoms with Crippen LogP contribution in [0.4, 0.5) is 10.1 Å². The maximum atomic E-state index is 13.3. The Hall–Kier alpha value is -2.01. The summed E-state index contributed by atoms with van der Waals surface area (Å²) in [6.07, 6.45) is 1.69. The van der Waals surface area contributed by atoms with E-state index in [0.717, 1.165) is 21.8 Å². The SMILES string of the molecule is CC(C)c1nc(C(C)Nc2ccnc3cc(F)ccc23)cs1. The summed E-state index contributed by atoms with van der Waals surface area (Å²) in [6.45, 7) is 6.37. The summed E-state index contributed by atoms with van der Waals surface area (Å²) in [5.74, 6) is 0.168. The van der Waals surface area contributed by atoms with Crippen molar-refractivity contribution >= 4 is 27.9 Å². The zero-order valence-corrected chi connectivity index (χ0v) is 13.6. The molecule has 0 bridgehead atoms. The van der Waals surface area contributed by atoms with Gasteiger partial charge in [0.25, 0.3) is 0 Å². The molecule has 0 radical (unpaired) electrons. The van der Waals surface area contributed by atoms with Gasteiger partial charge < -0.3 is 5.32 Å². The van der Waals surface area contributed by atoms with Gasteiger partial charge in [0.1, 0.15) is 5.82 Å². The number of halogens is 1. The van der Waals surface area contributed by atoms with Crippen LogP contribution in [0.25, 0.3) is 10.9 Å². The number of fused-ring (bicyclic) bond motifs is 1. The molecule has 2 aromatic heterocycles. The predicted molar refractivity (Wildman–Crippen MR) is 89.9 cm³/mol. The standard InChI is InChI=1S/C17H18FN3S/c1-10(2)17-21-16(9-22-17)11(3)20-14-6-7-19-15-8-12(18)4-5-13(14)15/h4-11H,1-3H3,(H,19,20). The molecule has 2 heterocycles. The fourth-order valence-corrected chi connectivity index (χ4v) is 3.25. The van der Waals surface area contributed by atoms with Gasteiger partial charge in [0.2, 0.25) is 0 Å². The Bertz CT molecular complexity index is 797. The number of aromatic nitrogens is 2. The predicted octanol–water partition coefficient (Wildman–Crippen LogP) is 5.13. The van der Waals surface area contributed by atoms with Gasteiger partial charge in [-0.15, -0.1) is 11.3 Å². The lowest BCUT2D eigenvalue weighted by Crippen LogP contribution is -2.08. The average Bonchev–Trinajstić information content (AvgIpc) is 2.97. The van der Waals surface area contributed by atoms with Crippen LogP contribution in [0.2, 0.25) is 0 Å². The molecule has 1 unspecified atom stereocenters. The van der Waals surface area contributed by atoms with E-state index in [9.17, 15) is 4.39 Å². The molecule has 1 N–H and O–H groups in total. The van der Waals surface area contributed by atoms with E-state index in [1.807, 2.05) is 6.07 Å². The molecule has 5 heteroatoms. The highest BCUT2D eigenvalue weighted by molar-refractivity contribution is 7.09. The summed E-state index contributed by atoms with van der Waals surface area (Å²) in [4.78, 5) is 8.90. The number of rotatable bonds is 4. The zero-order valence-electron chi connectivity index (χ0n) is 12.8. The van der Waals surface area contributed by atoms with Crippen LogP contribution >= 0.6 is 11.3 Å². The van der Waals surface area contributed by atoms with Crippen molar-refractivity contribution in [1.29, 1.82) is 0 Å². The van der Waals surface area contributed by atoms with Gasteiger partial charge >= 0.3 is 0 Å². The molecule has 0 spiro atoms. The summed E-state index contributed by atoms with van der Waals surface area (Å²) >= 11 is 1.69. The summed E-state index contributed by atoms with van der Waals surface area (Å²) in [7, 11) is 0. The van der Waals surface area contributed by atoms with E-state index < -0.39 is 0 Å². The smallest absolute Gasteiger partial charge is 0.125 e. The van der Waals surface area contributed by atoms with Gasteiger partial charge in [-0.1, -0.05) is 13.8 Å². The van der Waals surface area contributed by atoms with Gasteiger partial charge in [0, 0.05) is 34.6 Å². The Kier molecular flexibility index (Phi) is 4.07. The molecule has 1 aromatic carbocycles. The number of hydrogen-bond acceptors (Lipinski definition) is 4. The fraction of sp³-hybridized carbons (Fsp3) is 0.294. The lowest BCUT2D eigenvalue weighted by atomic mass is 10.1. The van der Waals surface area contributed by atoms with Crippen LogP contribution in [0.1, 0.15) is 43.4 Å².